The molecule has 0 aliphatic heterocycles. The molecular formula is C9H20O2. The first-order valence-electron chi connectivity index (χ1n) is 4.46. The van der Waals surface area contributed by atoms with Gasteiger partial charge in [0.05, 0.1) is 0 Å². The predicted octanol–water partition coefficient (Wildman–Crippen LogP) is 1.41. The summed E-state index contributed by atoms with van der Waals surface area (Å²) >= 11 is 0. The molecule has 2 heteroatoms. The van der Waals surface area contributed by atoms with Crippen LogP contribution in [0.15, 0.2) is 0 Å². The molecule has 0 aromatic rings. The first kappa shape index (κ1) is 10.9. The third-order valence-corrected chi connectivity index (χ3v) is 2.16. The van der Waals surface area contributed by atoms with Crippen LogP contribution in [0.3, 0.4) is 0 Å². The number of hydrogen-bond acceptors (Lipinski definition) is 2. The second kappa shape index (κ2) is 6.62. The van der Waals surface area contributed by atoms with E-state index in [9.17, 15) is 0 Å². The summed E-state index contributed by atoms with van der Waals surface area (Å²) in [6, 6.07) is 0. The van der Waals surface area contributed by atoms with Gasteiger partial charge in [-0.2, -0.15) is 0 Å². The van der Waals surface area contributed by atoms with Crippen molar-refractivity contribution in [3.63, 3.8) is 0 Å². The number of rotatable bonds is 6. The molecule has 0 spiro atoms. The van der Waals surface area contributed by atoms with Crippen LogP contribution < -0.4 is 0 Å². The Morgan fingerprint density at radius 3 is 2.27 bits per heavy atom. The average molecular weight is 160 g/mol. The van der Waals surface area contributed by atoms with Gasteiger partial charge in [0, 0.05) is 13.2 Å². The van der Waals surface area contributed by atoms with Crippen molar-refractivity contribution in [1.82, 2.24) is 0 Å². The van der Waals surface area contributed by atoms with Crippen LogP contribution in [0.1, 0.15) is 33.1 Å². The molecule has 11 heavy (non-hydrogen) atoms. The molecule has 0 aromatic heterocycles. The molecule has 0 radical (unpaired) electrons. The SMILES string of the molecule is CCC(CCO)CC(C)CO. The van der Waals surface area contributed by atoms with E-state index in [2.05, 4.69) is 6.92 Å². The lowest BCUT2D eigenvalue weighted by Gasteiger charge is -2.16. The average Bonchev–Trinajstić information content (AvgIpc) is 2.03. The molecule has 0 aliphatic rings. The summed E-state index contributed by atoms with van der Waals surface area (Å²) in [6.45, 7) is 4.71. The maximum atomic E-state index is 8.78. The zero-order valence-electron chi connectivity index (χ0n) is 7.58. The fourth-order valence-electron chi connectivity index (χ4n) is 1.31. The Labute approximate surface area is 69.2 Å². The Morgan fingerprint density at radius 2 is 1.91 bits per heavy atom. The van der Waals surface area contributed by atoms with E-state index >= 15 is 0 Å². The quantitative estimate of drug-likeness (QED) is 0.617. The molecule has 0 aliphatic carbocycles. The van der Waals surface area contributed by atoms with E-state index in [1.54, 1.807) is 0 Å². The lowest BCUT2D eigenvalue weighted by molar-refractivity contribution is 0.190. The summed E-state index contributed by atoms with van der Waals surface area (Å²) in [7, 11) is 0. The fraction of sp³-hybridized carbons (Fsp3) is 1.00. The lowest BCUT2D eigenvalue weighted by atomic mass is 9.92. The third kappa shape index (κ3) is 5.22. The highest BCUT2D eigenvalue weighted by Crippen LogP contribution is 2.17. The van der Waals surface area contributed by atoms with Crippen molar-refractivity contribution in [3.05, 3.63) is 0 Å². The summed E-state index contributed by atoms with van der Waals surface area (Å²) < 4.78 is 0. The summed E-state index contributed by atoms with van der Waals surface area (Å²) in [6.07, 6.45) is 3.01. The van der Waals surface area contributed by atoms with Crippen LogP contribution in [0.5, 0.6) is 0 Å². The van der Waals surface area contributed by atoms with Crippen LogP contribution in [0.25, 0.3) is 0 Å². The maximum Gasteiger partial charge on any atom is 0.0456 e. The first-order valence-corrected chi connectivity index (χ1v) is 4.46. The highest BCUT2D eigenvalue weighted by Gasteiger charge is 2.09. The van der Waals surface area contributed by atoms with Gasteiger partial charge in [-0.05, 0) is 24.7 Å². The van der Waals surface area contributed by atoms with Gasteiger partial charge in [-0.3, -0.25) is 0 Å². The number of hydrogen-bond donors (Lipinski definition) is 2. The predicted molar refractivity (Wildman–Crippen MR) is 46.4 cm³/mol. The number of aliphatic hydroxyl groups is 2. The van der Waals surface area contributed by atoms with E-state index in [-0.39, 0.29) is 13.2 Å². The van der Waals surface area contributed by atoms with Crippen molar-refractivity contribution in [2.45, 2.75) is 33.1 Å². The highest BCUT2D eigenvalue weighted by molar-refractivity contribution is 4.61. The summed E-state index contributed by atoms with van der Waals surface area (Å²) in [5.41, 5.74) is 0. The van der Waals surface area contributed by atoms with E-state index in [0.29, 0.717) is 11.8 Å². The van der Waals surface area contributed by atoms with Crippen LogP contribution in [0.2, 0.25) is 0 Å². The van der Waals surface area contributed by atoms with Crippen LogP contribution in [-0.4, -0.2) is 23.4 Å². The summed E-state index contributed by atoms with van der Waals surface area (Å²) in [4.78, 5) is 0. The second-order valence-electron chi connectivity index (χ2n) is 3.31. The maximum absolute atomic E-state index is 8.78. The van der Waals surface area contributed by atoms with E-state index < -0.39 is 0 Å². The molecule has 0 aromatic carbocycles. The zero-order valence-corrected chi connectivity index (χ0v) is 7.58. The minimum Gasteiger partial charge on any atom is -0.396 e. The molecule has 0 heterocycles. The minimum absolute atomic E-state index is 0.266. The van der Waals surface area contributed by atoms with Crippen LogP contribution in [0.4, 0.5) is 0 Å². The smallest absolute Gasteiger partial charge is 0.0456 e. The topological polar surface area (TPSA) is 40.5 Å². The summed E-state index contributed by atoms with van der Waals surface area (Å²) in [5.74, 6) is 0.966. The lowest BCUT2D eigenvalue weighted by Crippen LogP contribution is -2.10. The zero-order chi connectivity index (χ0) is 8.69. The largest absolute Gasteiger partial charge is 0.396 e. The van der Waals surface area contributed by atoms with Crippen LogP contribution >= 0.6 is 0 Å². The molecule has 0 saturated carbocycles. The van der Waals surface area contributed by atoms with Crippen molar-refractivity contribution >= 4 is 0 Å². The van der Waals surface area contributed by atoms with Crippen molar-refractivity contribution in [1.29, 1.82) is 0 Å². The van der Waals surface area contributed by atoms with Gasteiger partial charge in [0.1, 0.15) is 0 Å². The molecule has 68 valence electrons. The van der Waals surface area contributed by atoms with Gasteiger partial charge in [-0.15, -0.1) is 0 Å². The van der Waals surface area contributed by atoms with Crippen molar-refractivity contribution in [2.75, 3.05) is 13.2 Å². The van der Waals surface area contributed by atoms with E-state index in [4.69, 9.17) is 10.2 Å². The first-order chi connectivity index (χ1) is 5.24. The van der Waals surface area contributed by atoms with Crippen LogP contribution in [0, 0.1) is 11.8 Å². The van der Waals surface area contributed by atoms with E-state index in [1.807, 2.05) is 6.92 Å². The molecule has 0 rings (SSSR count). The fourth-order valence-corrected chi connectivity index (χ4v) is 1.31. The second-order valence-corrected chi connectivity index (χ2v) is 3.31. The van der Waals surface area contributed by atoms with E-state index in [1.165, 1.54) is 0 Å². The van der Waals surface area contributed by atoms with Crippen molar-refractivity contribution in [3.8, 4) is 0 Å². The summed E-state index contributed by atoms with van der Waals surface area (Å²) in [5, 5.41) is 17.5. The van der Waals surface area contributed by atoms with Gasteiger partial charge in [-0.1, -0.05) is 20.3 Å². The normalized spacial score (nSPS) is 16.4. The molecule has 0 amide bonds. The minimum atomic E-state index is 0.266. The monoisotopic (exact) mass is 160 g/mol. The van der Waals surface area contributed by atoms with Crippen molar-refractivity contribution in [2.24, 2.45) is 11.8 Å². The van der Waals surface area contributed by atoms with Gasteiger partial charge < -0.3 is 10.2 Å². The molecular weight excluding hydrogens is 140 g/mol. The molecule has 0 bridgehead atoms. The molecule has 2 nitrogen and oxygen atoms in total. The highest BCUT2D eigenvalue weighted by atomic mass is 16.3. The van der Waals surface area contributed by atoms with Gasteiger partial charge in [0.2, 0.25) is 0 Å². The third-order valence-electron chi connectivity index (χ3n) is 2.16. The van der Waals surface area contributed by atoms with Gasteiger partial charge in [-0.25, -0.2) is 0 Å². The Kier molecular flexibility index (Phi) is 6.57. The Balaban J connectivity index is 3.49. The molecule has 0 saturated heterocycles. The molecule has 2 N–H and O–H groups in total. The molecule has 2 atom stereocenters. The van der Waals surface area contributed by atoms with Gasteiger partial charge >= 0.3 is 0 Å². The molecule has 2 unspecified atom stereocenters. The van der Waals surface area contributed by atoms with E-state index in [0.717, 1.165) is 19.3 Å². The van der Waals surface area contributed by atoms with Gasteiger partial charge in [0.25, 0.3) is 0 Å². The molecule has 0 fully saturated rings. The van der Waals surface area contributed by atoms with Gasteiger partial charge in [0.15, 0.2) is 0 Å². The van der Waals surface area contributed by atoms with Crippen LogP contribution in [-0.2, 0) is 0 Å². The Hall–Kier alpha value is -0.0800. The number of aliphatic hydroxyl groups excluding tert-OH is 2. The standard InChI is InChI=1S/C9H20O2/c1-3-9(4-5-10)6-8(2)7-11/h8-11H,3-7H2,1-2H3. The Bertz CT molecular complexity index is 83.6. The Morgan fingerprint density at radius 1 is 1.27 bits per heavy atom. The van der Waals surface area contributed by atoms with Crippen molar-refractivity contribution < 1.29 is 10.2 Å².